The summed E-state index contributed by atoms with van der Waals surface area (Å²) in [6.45, 7) is 8.60. The molecule has 2 aliphatic carbocycles. The van der Waals surface area contributed by atoms with E-state index < -0.39 is 0 Å². The summed E-state index contributed by atoms with van der Waals surface area (Å²) < 4.78 is 11.5. The van der Waals surface area contributed by atoms with Crippen molar-refractivity contribution in [2.45, 2.75) is 51.7 Å². The molecule has 2 fully saturated rings. The van der Waals surface area contributed by atoms with Crippen LogP contribution in [0.1, 0.15) is 39.5 Å². The maximum atomic E-state index is 11.2. The van der Waals surface area contributed by atoms with Crippen molar-refractivity contribution in [3.8, 4) is 0 Å². The van der Waals surface area contributed by atoms with Crippen LogP contribution in [0.25, 0.3) is 0 Å². The summed E-state index contributed by atoms with van der Waals surface area (Å²) in [4.78, 5) is 11.2. The lowest BCUT2D eigenvalue weighted by atomic mass is 9.85. The van der Waals surface area contributed by atoms with Gasteiger partial charge in [0, 0.05) is 19.9 Å². The molecule has 0 aromatic rings. The molecule has 0 aromatic carbocycles. The lowest BCUT2D eigenvalue weighted by Crippen LogP contribution is -2.28. The summed E-state index contributed by atoms with van der Waals surface area (Å²) in [6.07, 6.45) is 4.39. The van der Waals surface area contributed by atoms with Crippen LogP contribution in [0.2, 0.25) is 0 Å². The molecule has 0 radical (unpaired) electrons. The lowest BCUT2D eigenvalue weighted by Gasteiger charge is -2.29. The van der Waals surface area contributed by atoms with E-state index in [0.29, 0.717) is 17.8 Å². The molecule has 4 heteroatoms. The van der Waals surface area contributed by atoms with Gasteiger partial charge in [0.25, 0.3) is 0 Å². The van der Waals surface area contributed by atoms with Gasteiger partial charge >= 0.3 is 5.97 Å². The fraction of sp³-hybridized carbons (Fsp3) is 0.812. The smallest absolute Gasteiger partial charge is 0.302 e. The van der Waals surface area contributed by atoms with Crippen LogP contribution < -0.4 is 5.32 Å². The molecular weight excluding hydrogens is 254 g/mol. The molecular formula is C16H27NO3. The first kappa shape index (κ1) is 15.4. The fourth-order valence-corrected chi connectivity index (χ4v) is 3.80. The molecule has 1 N–H and O–H groups in total. The van der Waals surface area contributed by atoms with Gasteiger partial charge in [0.2, 0.25) is 0 Å². The van der Waals surface area contributed by atoms with E-state index in [2.05, 4.69) is 18.8 Å². The Morgan fingerprint density at radius 1 is 1.25 bits per heavy atom. The predicted molar refractivity (Wildman–Crippen MR) is 78.1 cm³/mol. The molecule has 20 heavy (non-hydrogen) atoms. The zero-order valence-electron chi connectivity index (χ0n) is 12.9. The average molecular weight is 281 g/mol. The van der Waals surface area contributed by atoms with Crippen LogP contribution in [0.5, 0.6) is 0 Å². The highest BCUT2D eigenvalue weighted by Gasteiger charge is 2.48. The van der Waals surface area contributed by atoms with E-state index >= 15 is 0 Å². The van der Waals surface area contributed by atoms with Crippen molar-refractivity contribution in [1.29, 1.82) is 0 Å². The molecule has 2 rings (SSSR count). The lowest BCUT2D eigenvalue weighted by molar-refractivity contribution is -0.150. The highest BCUT2D eigenvalue weighted by atomic mass is 16.5. The Balaban J connectivity index is 1.89. The molecule has 4 nitrogen and oxygen atoms in total. The number of hydrogen-bond acceptors (Lipinski definition) is 4. The van der Waals surface area contributed by atoms with E-state index in [1.165, 1.54) is 13.3 Å². The molecule has 0 spiro atoms. The van der Waals surface area contributed by atoms with E-state index in [1.807, 2.05) is 7.05 Å². The standard InChI is InChI=1S/C16H27NO3/c1-10(5-6-17-4)19-15-8-13-7-14(9-15)16(11(13)2)20-12(3)18/h11,13-17H,1,5-9H2,2-4H3. The summed E-state index contributed by atoms with van der Waals surface area (Å²) in [7, 11) is 1.93. The third kappa shape index (κ3) is 3.54. The minimum Gasteiger partial charge on any atom is -0.495 e. The quantitative estimate of drug-likeness (QED) is 0.600. The number of fused-ring (bicyclic) bond motifs is 2. The number of rotatable bonds is 6. The number of ether oxygens (including phenoxy) is 2. The van der Waals surface area contributed by atoms with E-state index in [4.69, 9.17) is 9.47 Å². The van der Waals surface area contributed by atoms with Gasteiger partial charge in [-0.1, -0.05) is 13.5 Å². The summed E-state index contributed by atoms with van der Waals surface area (Å²) in [6, 6.07) is 0. The summed E-state index contributed by atoms with van der Waals surface area (Å²) >= 11 is 0. The van der Waals surface area contributed by atoms with Crippen molar-refractivity contribution < 1.29 is 14.3 Å². The summed E-state index contributed by atoms with van der Waals surface area (Å²) in [5, 5.41) is 3.10. The minimum absolute atomic E-state index is 0.0803. The first-order chi connectivity index (χ1) is 9.51. The first-order valence-electron chi connectivity index (χ1n) is 7.67. The van der Waals surface area contributed by atoms with Gasteiger partial charge in [-0.05, 0) is 44.1 Å². The Labute approximate surface area is 121 Å². The number of hydrogen-bond donors (Lipinski definition) is 1. The van der Waals surface area contributed by atoms with E-state index in [0.717, 1.165) is 31.6 Å². The molecule has 0 saturated heterocycles. The van der Waals surface area contributed by atoms with Gasteiger partial charge in [-0.2, -0.15) is 0 Å². The van der Waals surface area contributed by atoms with Crippen molar-refractivity contribution in [2.75, 3.05) is 13.6 Å². The Kier molecular flexibility index (Phi) is 5.08. The highest BCUT2D eigenvalue weighted by Crippen LogP contribution is 2.48. The van der Waals surface area contributed by atoms with Crippen LogP contribution in [0, 0.1) is 17.8 Å². The molecule has 2 aliphatic rings. The summed E-state index contributed by atoms with van der Waals surface area (Å²) in [5.41, 5.74) is 0. The van der Waals surface area contributed by atoms with Gasteiger partial charge in [0.05, 0.1) is 11.9 Å². The molecule has 2 saturated carbocycles. The van der Waals surface area contributed by atoms with Crippen LogP contribution in [-0.2, 0) is 14.3 Å². The molecule has 2 bridgehead atoms. The van der Waals surface area contributed by atoms with Gasteiger partial charge < -0.3 is 14.8 Å². The second kappa shape index (κ2) is 6.61. The second-order valence-electron chi connectivity index (χ2n) is 6.29. The topological polar surface area (TPSA) is 47.6 Å². The Morgan fingerprint density at radius 2 is 1.95 bits per heavy atom. The SMILES string of the molecule is C=C(CCNC)OC1CC2CC(C1)C(OC(C)=O)C2C. The molecule has 0 aromatic heterocycles. The Hall–Kier alpha value is -1.03. The van der Waals surface area contributed by atoms with E-state index in [-0.39, 0.29) is 18.2 Å². The van der Waals surface area contributed by atoms with E-state index in [1.54, 1.807) is 0 Å². The van der Waals surface area contributed by atoms with Gasteiger partial charge in [-0.3, -0.25) is 4.79 Å². The molecule has 5 atom stereocenters. The van der Waals surface area contributed by atoms with Crippen LogP contribution in [0.3, 0.4) is 0 Å². The van der Waals surface area contributed by atoms with Gasteiger partial charge in [-0.25, -0.2) is 0 Å². The number of carbonyl (C=O) groups is 1. The van der Waals surface area contributed by atoms with Gasteiger partial charge in [-0.15, -0.1) is 0 Å². The van der Waals surface area contributed by atoms with Crippen LogP contribution in [0.4, 0.5) is 0 Å². The average Bonchev–Trinajstić information content (AvgIpc) is 2.60. The number of carbonyl (C=O) groups excluding carboxylic acids is 1. The maximum absolute atomic E-state index is 11.2. The largest absolute Gasteiger partial charge is 0.495 e. The van der Waals surface area contributed by atoms with Crippen molar-refractivity contribution >= 4 is 5.97 Å². The third-order valence-electron chi connectivity index (χ3n) is 4.75. The van der Waals surface area contributed by atoms with Crippen molar-refractivity contribution in [3.05, 3.63) is 12.3 Å². The van der Waals surface area contributed by atoms with Gasteiger partial charge in [0.1, 0.15) is 6.10 Å². The van der Waals surface area contributed by atoms with Crippen molar-refractivity contribution in [3.63, 3.8) is 0 Å². The van der Waals surface area contributed by atoms with Crippen molar-refractivity contribution in [1.82, 2.24) is 5.32 Å². The molecule has 114 valence electrons. The predicted octanol–water partition coefficient (Wildman–Crippen LogP) is 2.49. The molecule has 0 aliphatic heterocycles. The molecule has 0 amide bonds. The summed E-state index contributed by atoms with van der Waals surface area (Å²) in [5.74, 6) is 2.21. The number of esters is 1. The maximum Gasteiger partial charge on any atom is 0.302 e. The zero-order valence-corrected chi connectivity index (χ0v) is 12.9. The Bertz CT molecular complexity index is 369. The minimum atomic E-state index is -0.162. The number of nitrogens with one attached hydrogen (secondary N) is 1. The monoisotopic (exact) mass is 281 g/mol. The normalized spacial score (nSPS) is 35.6. The van der Waals surface area contributed by atoms with Crippen molar-refractivity contribution in [2.24, 2.45) is 17.8 Å². The first-order valence-corrected chi connectivity index (χ1v) is 7.67. The Morgan fingerprint density at radius 3 is 2.60 bits per heavy atom. The highest BCUT2D eigenvalue weighted by molar-refractivity contribution is 5.66. The fourth-order valence-electron chi connectivity index (χ4n) is 3.80. The molecule has 5 unspecified atom stereocenters. The molecule has 0 heterocycles. The van der Waals surface area contributed by atoms with Crippen LogP contribution >= 0.6 is 0 Å². The second-order valence-corrected chi connectivity index (χ2v) is 6.29. The van der Waals surface area contributed by atoms with Crippen LogP contribution in [0.15, 0.2) is 12.3 Å². The third-order valence-corrected chi connectivity index (χ3v) is 4.75. The van der Waals surface area contributed by atoms with Gasteiger partial charge in [0.15, 0.2) is 0 Å². The van der Waals surface area contributed by atoms with E-state index in [9.17, 15) is 4.79 Å². The zero-order chi connectivity index (χ0) is 14.7. The van der Waals surface area contributed by atoms with Crippen LogP contribution in [-0.4, -0.2) is 31.8 Å².